The molecule has 0 radical (unpaired) electrons. The lowest BCUT2D eigenvalue weighted by atomic mass is 10.1. The standard InChI is InChI=1S/C20H17NO3/c22-17-12-13-5-1-3-7-16(13)20(17)21-19(23)10-9-15-11-14-6-2-4-8-18(14)24-15/h1-11,17,20,22H,12H2,(H,21,23)/b10-9+/t17-,20+/m1/s1. The van der Waals surface area contributed by atoms with Crippen molar-refractivity contribution in [1.82, 2.24) is 5.32 Å². The number of hydrogen-bond donors (Lipinski definition) is 2. The third-order valence-corrected chi connectivity index (χ3v) is 4.35. The van der Waals surface area contributed by atoms with Crippen molar-refractivity contribution in [1.29, 1.82) is 0 Å². The first-order chi connectivity index (χ1) is 11.7. The molecule has 2 N–H and O–H groups in total. The lowest BCUT2D eigenvalue weighted by Crippen LogP contribution is -2.32. The largest absolute Gasteiger partial charge is 0.457 e. The average Bonchev–Trinajstić information content (AvgIpc) is 3.14. The summed E-state index contributed by atoms with van der Waals surface area (Å²) in [5, 5.41) is 14.1. The third kappa shape index (κ3) is 2.72. The van der Waals surface area contributed by atoms with E-state index >= 15 is 0 Å². The first-order valence-corrected chi connectivity index (χ1v) is 7.94. The van der Waals surface area contributed by atoms with Gasteiger partial charge in [-0.05, 0) is 29.3 Å². The van der Waals surface area contributed by atoms with Crippen molar-refractivity contribution < 1.29 is 14.3 Å². The lowest BCUT2D eigenvalue weighted by Gasteiger charge is -2.16. The number of aliphatic hydroxyl groups excluding tert-OH is 1. The van der Waals surface area contributed by atoms with E-state index in [9.17, 15) is 9.90 Å². The summed E-state index contributed by atoms with van der Waals surface area (Å²) in [7, 11) is 0. The Morgan fingerprint density at radius 1 is 1.17 bits per heavy atom. The second kappa shape index (κ2) is 5.98. The van der Waals surface area contributed by atoms with Gasteiger partial charge in [0.1, 0.15) is 11.3 Å². The van der Waals surface area contributed by atoms with Crippen molar-refractivity contribution >= 4 is 23.0 Å². The van der Waals surface area contributed by atoms with Crippen molar-refractivity contribution in [3.63, 3.8) is 0 Å². The first-order valence-electron chi connectivity index (χ1n) is 7.94. The molecule has 0 fully saturated rings. The molecule has 1 aliphatic rings. The van der Waals surface area contributed by atoms with Crippen LogP contribution in [0, 0.1) is 0 Å². The van der Waals surface area contributed by atoms with Crippen LogP contribution >= 0.6 is 0 Å². The maximum Gasteiger partial charge on any atom is 0.244 e. The van der Waals surface area contributed by atoms with Crippen LogP contribution in [0.1, 0.15) is 22.9 Å². The summed E-state index contributed by atoms with van der Waals surface area (Å²) in [6.45, 7) is 0. The smallest absolute Gasteiger partial charge is 0.244 e. The number of aliphatic hydroxyl groups is 1. The molecule has 4 heteroatoms. The van der Waals surface area contributed by atoms with E-state index < -0.39 is 6.10 Å². The summed E-state index contributed by atoms with van der Waals surface area (Å²) in [5.41, 5.74) is 2.85. The molecule has 1 aliphatic carbocycles. The molecule has 120 valence electrons. The Balaban J connectivity index is 1.48. The molecule has 2 atom stereocenters. The fourth-order valence-electron chi connectivity index (χ4n) is 3.19. The van der Waals surface area contributed by atoms with Gasteiger partial charge in [-0.3, -0.25) is 4.79 Å². The van der Waals surface area contributed by atoms with Crippen LogP contribution in [0.15, 0.2) is 65.1 Å². The highest BCUT2D eigenvalue weighted by Crippen LogP contribution is 2.31. The predicted octanol–water partition coefficient (Wildman–Crippen LogP) is 3.22. The molecule has 0 unspecified atom stereocenters. The molecule has 0 bridgehead atoms. The van der Waals surface area contributed by atoms with Crippen molar-refractivity contribution in [3.8, 4) is 0 Å². The Morgan fingerprint density at radius 2 is 1.96 bits per heavy atom. The summed E-state index contributed by atoms with van der Waals surface area (Å²) < 4.78 is 5.65. The molecular formula is C20H17NO3. The van der Waals surface area contributed by atoms with Gasteiger partial charge in [-0.1, -0.05) is 42.5 Å². The fraction of sp³-hybridized carbons (Fsp3) is 0.150. The number of nitrogens with one attached hydrogen (secondary N) is 1. The zero-order valence-corrected chi connectivity index (χ0v) is 13.0. The van der Waals surface area contributed by atoms with Gasteiger partial charge in [-0.2, -0.15) is 0 Å². The minimum Gasteiger partial charge on any atom is -0.457 e. The van der Waals surface area contributed by atoms with E-state index in [1.807, 2.05) is 54.6 Å². The van der Waals surface area contributed by atoms with Crippen LogP contribution in [-0.2, 0) is 11.2 Å². The van der Waals surface area contributed by atoms with Crippen LogP contribution in [-0.4, -0.2) is 17.1 Å². The van der Waals surface area contributed by atoms with Crippen LogP contribution in [0.25, 0.3) is 17.0 Å². The Morgan fingerprint density at radius 3 is 2.83 bits per heavy atom. The van der Waals surface area contributed by atoms with E-state index in [0.29, 0.717) is 12.2 Å². The molecule has 0 aliphatic heterocycles. The first kappa shape index (κ1) is 14.7. The molecule has 24 heavy (non-hydrogen) atoms. The van der Waals surface area contributed by atoms with E-state index in [1.54, 1.807) is 6.08 Å². The van der Waals surface area contributed by atoms with Crippen LogP contribution in [0.2, 0.25) is 0 Å². The zero-order chi connectivity index (χ0) is 16.5. The molecule has 1 amide bonds. The number of hydrogen-bond acceptors (Lipinski definition) is 3. The molecule has 4 rings (SSSR count). The van der Waals surface area contributed by atoms with E-state index in [4.69, 9.17) is 4.42 Å². The number of carbonyl (C=O) groups is 1. The van der Waals surface area contributed by atoms with Crippen LogP contribution in [0.5, 0.6) is 0 Å². The van der Waals surface area contributed by atoms with E-state index in [0.717, 1.165) is 22.1 Å². The molecule has 4 nitrogen and oxygen atoms in total. The van der Waals surface area contributed by atoms with Crippen molar-refractivity contribution in [2.24, 2.45) is 0 Å². The number of amides is 1. The quantitative estimate of drug-likeness (QED) is 0.729. The number of rotatable bonds is 3. The third-order valence-electron chi connectivity index (χ3n) is 4.35. The van der Waals surface area contributed by atoms with Gasteiger partial charge >= 0.3 is 0 Å². The van der Waals surface area contributed by atoms with Crippen LogP contribution in [0.3, 0.4) is 0 Å². The summed E-state index contributed by atoms with van der Waals surface area (Å²) in [6, 6.07) is 17.0. The van der Waals surface area contributed by atoms with Crippen LogP contribution in [0.4, 0.5) is 0 Å². The summed E-state index contributed by atoms with van der Waals surface area (Å²) >= 11 is 0. The zero-order valence-electron chi connectivity index (χ0n) is 13.0. The highest BCUT2D eigenvalue weighted by molar-refractivity contribution is 5.92. The maximum absolute atomic E-state index is 12.2. The summed E-state index contributed by atoms with van der Waals surface area (Å²) in [5.74, 6) is 0.370. The van der Waals surface area contributed by atoms with Gasteiger partial charge in [0.15, 0.2) is 0 Å². The van der Waals surface area contributed by atoms with Crippen molar-refractivity contribution in [2.45, 2.75) is 18.6 Å². The van der Waals surface area contributed by atoms with Gasteiger partial charge in [-0.25, -0.2) is 0 Å². The Bertz CT molecular complexity index is 892. The molecule has 1 aromatic heterocycles. The molecule has 2 aromatic carbocycles. The van der Waals surface area contributed by atoms with E-state index in [1.165, 1.54) is 6.08 Å². The summed E-state index contributed by atoms with van der Waals surface area (Å²) in [6.07, 6.45) is 3.05. The number of furan rings is 1. The monoisotopic (exact) mass is 319 g/mol. The highest BCUT2D eigenvalue weighted by atomic mass is 16.3. The summed E-state index contributed by atoms with van der Waals surface area (Å²) in [4.78, 5) is 12.2. The van der Waals surface area contributed by atoms with E-state index in [-0.39, 0.29) is 11.9 Å². The molecule has 1 heterocycles. The van der Waals surface area contributed by atoms with Crippen molar-refractivity contribution in [3.05, 3.63) is 77.6 Å². The minimum atomic E-state index is -0.592. The Labute approximate surface area is 139 Å². The average molecular weight is 319 g/mol. The number of fused-ring (bicyclic) bond motifs is 2. The number of carbonyl (C=O) groups excluding carboxylic acids is 1. The number of para-hydroxylation sites is 1. The normalized spacial score (nSPS) is 19.7. The van der Waals surface area contributed by atoms with Gasteiger partial charge in [0.25, 0.3) is 0 Å². The second-order valence-electron chi connectivity index (χ2n) is 5.98. The van der Waals surface area contributed by atoms with Crippen LogP contribution < -0.4 is 5.32 Å². The van der Waals surface area contributed by atoms with Gasteiger partial charge in [0, 0.05) is 17.9 Å². The molecule has 0 saturated carbocycles. The molecule has 3 aromatic rings. The molecule has 0 spiro atoms. The van der Waals surface area contributed by atoms with Gasteiger partial charge in [0.05, 0.1) is 12.1 Å². The Hall–Kier alpha value is -2.85. The Kier molecular flexibility index (Phi) is 3.67. The molecule has 0 saturated heterocycles. The number of benzene rings is 2. The highest BCUT2D eigenvalue weighted by Gasteiger charge is 2.31. The topological polar surface area (TPSA) is 62.5 Å². The second-order valence-corrected chi connectivity index (χ2v) is 5.98. The van der Waals surface area contributed by atoms with Gasteiger partial charge in [0.2, 0.25) is 5.91 Å². The maximum atomic E-state index is 12.2. The fourth-order valence-corrected chi connectivity index (χ4v) is 3.19. The lowest BCUT2D eigenvalue weighted by molar-refractivity contribution is -0.117. The van der Waals surface area contributed by atoms with E-state index in [2.05, 4.69) is 5.32 Å². The van der Waals surface area contributed by atoms with Crippen molar-refractivity contribution in [2.75, 3.05) is 0 Å². The van der Waals surface area contributed by atoms with Gasteiger partial charge in [-0.15, -0.1) is 0 Å². The SMILES string of the molecule is O=C(/C=C/c1cc2ccccc2o1)N[C@H]1c2ccccc2C[C@H]1O. The molecular weight excluding hydrogens is 302 g/mol. The predicted molar refractivity (Wildman–Crippen MR) is 92.3 cm³/mol. The minimum absolute atomic E-state index is 0.254. The van der Waals surface area contributed by atoms with Gasteiger partial charge < -0.3 is 14.8 Å².